The van der Waals surface area contributed by atoms with Crippen molar-refractivity contribution in [3.8, 4) is 23.0 Å². The molecule has 0 atom stereocenters. The highest BCUT2D eigenvalue weighted by molar-refractivity contribution is 9.10. The molecule has 1 aromatic heterocycles. The Morgan fingerprint density at radius 3 is 2.60 bits per heavy atom. The number of fused-ring (bicyclic) bond motifs is 1. The first kappa shape index (κ1) is 20.0. The maximum absolute atomic E-state index is 13.0. The van der Waals surface area contributed by atoms with Crippen molar-refractivity contribution in [3.63, 3.8) is 0 Å². The minimum absolute atomic E-state index is 0.166. The van der Waals surface area contributed by atoms with Gasteiger partial charge in [-0.15, -0.1) is 0 Å². The fourth-order valence-electron chi connectivity index (χ4n) is 3.04. The third-order valence-electron chi connectivity index (χ3n) is 4.58. The summed E-state index contributed by atoms with van der Waals surface area (Å²) in [7, 11) is 1.63. The van der Waals surface area contributed by atoms with E-state index >= 15 is 0 Å². The fraction of sp³-hybridized carbons (Fsp3) is 0.125. The lowest BCUT2D eigenvalue weighted by atomic mass is 10.2. The van der Waals surface area contributed by atoms with Crippen molar-refractivity contribution < 1.29 is 18.6 Å². The second-order valence-electron chi connectivity index (χ2n) is 6.65. The molecule has 0 unspecified atom stereocenters. The van der Waals surface area contributed by atoms with Crippen molar-refractivity contribution in [2.75, 3.05) is 7.11 Å². The van der Waals surface area contributed by atoms with Crippen molar-refractivity contribution in [2.45, 2.75) is 13.5 Å². The zero-order chi connectivity index (χ0) is 21.1. The number of ether oxygens (including phenoxy) is 3. The van der Waals surface area contributed by atoms with Gasteiger partial charge in [0.15, 0.2) is 0 Å². The predicted molar refractivity (Wildman–Crippen MR) is 119 cm³/mol. The standard InChI is InChI=1S/C24H19BrO5/c1-15-24(30-21-9-4-3-8-20(21)25)23(26)19-11-10-18(13-22(19)29-15)28-14-16-6-5-7-17(12-16)27-2/h3-13H,14H2,1-2H3. The van der Waals surface area contributed by atoms with Crippen molar-refractivity contribution in [1.29, 1.82) is 0 Å². The summed E-state index contributed by atoms with van der Waals surface area (Å²) < 4.78 is 23.6. The van der Waals surface area contributed by atoms with Gasteiger partial charge in [0, 0.05) is 6.07 Å². The second-order valence-corrected chi connectivity index (χ2v) is 7.50. The Kier molecular flexibility index (Phi) is 5.77. The number of methoxy groups -OCH3 is 1. The van der Waals surface area contributed by atoms with Gasteiger partial charge in [-0.05, 0) is 64.8 Å². The maximum atomic E-state index is 13.0. The van der Waals surface area contributed by atoms with Crippen LogP contribution >= 0.6 is 15.9 Å². The van der Waals surface area contributed by atoms with Crippen LogP contribution in [0.1, 0.15) is 11.3 Å². The third-order valence-corrected chi connectivity index (χ3v) is 5.23. The molecule has 0 fully saturated rings. The Morgan fingerprint density at radius 1 is 0.967 bits per heavy atom. The monoisotopic (exact) mass is 466 g/mol. The van der Waals surface area contributed by atoms with Gasteiger partial charge in [-0.1, -0.05) is 24.3 Å². The third kappa shape index (κ3) is 4.19. The Labute approximate surface area is 181 Å². The largest absolute Gasteiger partial charge is 0.497 e. The van der Waals surface area contributed by atoms with Crippen LogP contribution in [0.4, 0.5) is 0 Å². The molecule has 30 heavy (non-hydrogen) atoms. The quantitative estimate of drug-likeness (QED) is 0.336. The van der Waals surface area contributed by atoms with E-state index in [-0.39, 0.29) is 11.2 Å². The molecule has 0 amide bonds. The SMILES string of the molecule is COc1cccc(COc2ccc3c(=O)c(Oc4ccccc4Br)c(C)oc3c2)c1. The number of hydrogen-bond donors (Lipinski definition) is 0. The van der Waals surface area contributed by atoms with Crippen molar-refractivity contribution >= 4 is 26.9 Å². The van der Waals surface area contributed by atoms with E-state index in [9.17, 15) is 4.79 Å². The molecule has 6 heteroatoms. The van der Waals surface area contributed by atoms with Gasteiger partial charge in [-0.2, -0.15) is 0 Å². The van der Waals surface area contributed by atoms with E-state index < -0.39 is 0 Å². The molecule has 1 heterocycles. The van der Waals surface area contributed by atoms with Crippen molar-refractivity contribution in [2.24, 2.45) is 0 Å². The highest BCUT2D eigenvalue weighted by atomic mass is 79.9. The van der Waals surface area contributed by atoms with E-state index in [0.717, 1.165) is 15.8 Å². The Morgan fingerprint density at radius 2 is 1.80 bits per heavy atom. The smallest absolute Gasteiger partial charge is 0.235 e. The molecular formula is C24H19BrO5. The molecular weight excluding hydrogens is 448 g/mol. The zero-order valence-corrected chi connectivity index (χ0v) is 18.1. The van der Waals surface area contributed by atoms with Crippen molar-refractivity contribution in [1.82, 2.24) is 0 Å². The lowest BCUT2D eigenvalue weighted by Gasteiger charge is -2.11. The van der Waals surface area contributed by atoms with Gasteiger partial charge in [-0.25, -0.2) is 0 Å². The molecule has 4 rings (SSSR count). The van der Waals surface area contributed by atoms with Gasteiger partial charge in [0.05, 0.1) is 17.0 Å². The molecule has 4 aromatic rings. The van der Waals surface area contributed by atoms with E-state index in [1.807, 2.05) is 42.5 Å². The summed E-state index contributed by atoms with van der Waals surface area (Å²) >= 11 is 3.43. The summed E-state index contributed by atoms with van der Waals surface area (Å²) in [6.07, 6.45) is 0. The zero-order valence-electron chi connectivity index (χ0n) is 16.5. The average molecular weight is 467 g/mol. The molecule has 0 N–H and O–H groups in total. The molecule has 152 valence electrons. The van der Waals surface area contributed by atoms with E-state index in [4.69, 9.17) is 18.6 Å². The van der Waals surface area contributed by atoms with Crippen LogP contribution in [0.25, 0.3) is 11.0 Å². The van der Waals surface area contributed by atoms with Gasteiger partial charge in [0.25, 0.3) is 0 Å². The highest BCUT2D eigenvalue weighted by Gasteiger charge is 2.15. The molecule has 0 saturated heterocycles. The molecule has 0 spiro atoms. The first-order chi connectivity index (χ1) is 14.5. The number of benzene rings is 3. The Balaban J connectivity index is 1.61. The van der Waals surface area contributed by atoms with Crippen LogP contribution in [0.15, 0.2) is 80.4 Å². The van der Waals surface area contributed by atoms with E-state index in [1.165, 1.54) is 0 Å². The first-order valence-electron chi connectivity index (χ1n) is 9.31. The number of aryl methyl sites for hydroxylation is 1. The number of hydrogen-bond acceptors (Lipinski definition) is 5. The Bertz CT molecular complexity index is 1260. The molecule has 0 aliphatic rings. The lowest BCUT2D eigenvalue weighted by molar-refractivity contribution is 0.305. The van der Waals surface area contributed by atoms with Crippen molar-refractivity contribution in [3.05, 3.63) is 92.7 Å². The van der Waals surface area contributed by atoms with E-state index in [1.54, 1.807) is 38.3 Å². The van der Waals surface area contributed by atoms with Gasteiger partial charge in [0.2, 0.25) is 11.2 Å². The predicted octanol–water partition coefficient (Wildman–Crippen LogP) is 6.24. The van der Waals surface area contributed by atoms with Crippen LogP contribution < -0.4 is 19.6 Å². The lowest BCUT2D eigenvalue weighted by Crippen LogP contribution is -2.07. The molecule has 0 bridgehead atoms. The van der Waals surface area contributed by atoms with Crippen LogP contribution in [-0.4, -0.2) is 7.11 Å². The number of rotatable bonds is 6. The average Bonchev–Trinajstić information content (AvgIpc) is 2.76. The molecule has 0 aliphatic heterocycles. The van der Waals surface area contributed by atoms with Crippen LogP contribution in [0.2, 0.25) is 0 Å². The number of halogens is 1. The summed E-state index contributed by atoms with van der Waals surface area (Å²) in [6.45, 7) is 2.08. The van der Waals surface area contributed by atoms with E-state index in [0.29, 0.717) is 34.8 Å². The van der Waals surface area contributed by atoms with Gasteiger partial charge in [0.1, 0.15) is 35.2 Å². The minimum Gasteiger partial charge on any atom is -0.497 e. The maximum Gasteiger partial charge on any atom is 0.235 e. The normalized spacial score (nSPS) is 10.8. The topological polar surface area (TPSA) is 57.9 Å². The summed E-state index contributed by atoms with van der Waals surface area (Å²) in [5, 5.41) is 0.427. The molecule has 0 aliphatic carbocycles. The van der Waals surface area contributed by atoms with Crippen LogP contribution in [0.5, 0.6) is 23.0 Å². The van der Waals surface area contributed by atoms with E-state index in [2.05, 4.69) is 15.9 Å². The first-order valence-corrected chi connectivity index (χ1v) is 10.1. The summed E-state index contributed by atoms with van der Waals surface area (Å²) in [6, 6.07) is 20.1. The Hall–Kier alpha value is -3.25. The molecule has 3 aromatic carbocycles. The fourth-order valence-corrected chi connectivity index (χ4v) is 3.41. The van der Waals surface area contributed by atoms with Crippen LogP contribution in [0.3, 0.4) is 0 Å². The van der Waals surface area contributed by atoms with Gasteiger partial charge in [-0.3, -0.25) is 4.79 Å². The van der Waals surface area contributed by atoms with Gasteiger partial charge < -0.3 is 18.6 Å². The van der Waals surface area contributed by atoms with Crippen LogP contribution in [0, 0.1) is 6.92 Å². The molecule has 0 saturated carbocycles. The van der Waals surface area contributed by atoms with Crippen LogP contribution in [-0.2, 0) is 6.61 Å². The molecule has 5 nitrogen and oxygen atoms in total. The highest BCUT2D eigenvalue weighted by Crippen LogP contribution is 2.31. The number of para-hydroxylation sites is 1. The van der Waals surface area contributed by atoms with Gasteiger partial charge >= 0.3 is 0 Å². The summed E-state index contributed by atoms with van der Waals surface area (Å²) in [5.74, 6) is 2.49. The minimum atomic E-state index is -0.233. The summed E-state index contributed by atoms with van der Waals surface area (Å²) in [4.78, 5) is 13.0. The summed E-state index contributed by atoms with van der Waals surface area (Å²) in [5.41, 5.74) is 1.19. The molecule has 0 radical (unpaired) electrons. The second kappa shape index (κ2) is 8.63.